The van der Waals surface area contributed by atoms with Crippen LogP contribution in [-0.2, 0) is 22.6 Å². The Morgan fingerprint density at radius 2 is 1.63 bits per heavy atom. The summed E-state index contributed by atoms with van der Waals surface area (Å²) in [5.41, 5.74) is 3.11. The minimum Gasteiger partial charge on any atom is -0.352 e. The second kappa shape index (κ2) is 11.8. The molecule has 2 atom stereocenters. The van der Waals surface area contributed by atoms with Gasteiger partial charge in [0, 0.05) is 24.0 Å². The van der Waals surface area contributed by atoms with E-state index in [0.717, 1.165) is 23.1 Å². The molecule has 2 rings (SSSR count). The maximum Gasteiger partial charge on any atom is 0.243 e. The first kappa shape index (κ1) is 23.9. The number of aryl methyl sites for hydroxylation is 2. The molecule has 2 aromatic carbocycles. The molecule has 30 heavy (non-hydrogen) atoms. The van der Waals surface area contributed by atoms with Gasteiger partial charge in [-0.2, -0.15) is 0 Å². The predicted octanol–water partition coefficient (Wildman–Crippen LogP) is 5.30. The van der Waals surface area contributed by atoms with Crippen molar-refractivity contribution < 1.29 is 9.59 Å². The number of rotatable bonds is 10. The van der Waals surface area contributed by atoms with Crippen LogP contribution >= 0.6 is 11.6 Å². The van der Waals surface area contributed by atoms with Gasteiger partial charge in [0.05, 0.1) is 0 Å². The Morgan fingerprint density at radius 3 is 2.23 bits per heavy atom. The minimum absolute atomic E-state index is 0.0377. The van der Waals surface area contributed by atoms with Crippen LogP contribution in [0.1, 0.15) is 56.7 Å². The van der Waals surface area contributed by atoms with Crippen LogP contribution in [0.4, 0.5) is 0 Å². The Balaban J connectivity index is 2.24. The van der Waals surface area contributed by atoms with Gasteiger partial charge in [-0.05, 0) is 55.9 Å². The topological polar surface area (TPSA) is 49.4 Å². The summed E-state index contributed by atoms with van der Waals surface area (Å²) in [6.45, 7) is 8.41. The third-order valence-electron chi connectivity index (χ3n) is 5.55. The molecule has 0 bridgehead atoms. The molecule has 2 amide bonds. The molecule has 0 aliphatic rings. The molecule has 0 saturated carbocycles. The summed E-state index contributed by atoms with van der Waals surface area (Å²) in [4.78, 5) is 28.0. The molecule has 0 fully saturated rings. The highest BCUT2D eigenvalue weighted by atomic mass is 35.5. The van der Waals surface area contributed by atoms with Crippen molar-refractivity contribution in [2.24, 2.45) is 0 Å². The van der Waals surface area contributed by atoms with E-state index >= 15 is 0 Å². The third-order valence-corrected chi connectivity index (χ3v) is 5.92. The molecule has 162 valence electrons. The van der Waals surface area contributed by atoms with Crippen molar-refractivity contribution in [3.05, 3.63) is 70.2 Å². The van der Waals surface area contributed by atoms with Gasteiger partial charge in [-0.1, -0.05) is 67.9 Å². The summed E-state index contributed by atoms with van der Waals surface area (Å²) in [6.07, 6.45) is 2.27. The Hall–Kier alpha value is -2.33. The van der Waals surface area contributed by atoms with E-state index in [0.29, 0.717) is 30.8 Å². The molecule has 0 radical (unpaired) electrons. The second-order valence-electron chi connectivity index (χ2n) is 7.78. The fraction of sp³-hybridized carbons (Fsp3) is 0.440. The number of benzene rings is 2. The summed E-state index contributed by atoms with van der Waals surface area (Å²) < 4.78 is 0. The van der Waals surface area contributed by atoms with Gasteiger partial charge in [0.1, 0.15) is 6.04 Å². The van der Waals surface area contributed by atoms with Gasteiger partial charge in [-0.25, -0.2) is 0 Å². The Kier molecular flexibility index (Phi) is 9.38. The van der Waals surface area contributed by atoms with Crippen molar-refractivity contribution in [2.45, 2.75) is 72.0 Å². The summed E-state index contributed by atoms with van der Waals surface area (Å²) in [5.74, 6) is -0.129. The van der Waals surface area contributed by atoms with Crippen LogP contribution in [0.25, 0.3) is 0 Å². The average Bonchev–Trinajstić information content (AvgIpc) is 2.74. The van der Waals surface area contributed by atoms with Crippen molar-refractivity contribution in [1.29, 1.82) is 0 Å². The molecule has 0 aliphatic heterocycles. The van der Waals surface area contributed by atoms with E-state index in [2.05, 4.69) is 5.32 Å². The largest absolute Gasteiger partial charge is 0.352 e. The molecule has 0 unspecified atom stereocenters. The fourth-order valence-electron chi connectivity index (χ4n) is 3.42. The number of carbonyl (C=O) groups is 2. The Bertz CT molecular complexity index is 853. The lowest BCUT2D eigenvalue weighted by Gasteiger charge is -2.32. The first-order chi connectivity index (χ1) is 14.4. The van der Waals surface area contributed by atoms with Crippen LogP contribution in [0.5, 0.6) is 0 Å². The van der Waals surface area contributed by atoms with Crippen LogP contribution < -0.4 is 5.32 Å². The van der Waals surface area contributed by atoms with Crippen molar-refractivity contribution in [3.63, 3.8) is 0 Å². The maximum absolute atomic E-state index is 13.3. The van der Waals surface area contributed by atoms with Crippen LogP contribution in [0.2, 0.25) is 5.02 Å². The second-order valence-corrected chi connectivity index (χ2v) is 8.19. The maximum atomic E-state index is 13.3. The zero-order valence-electron chi connectivity index (χ0n) is 18.5. The molecule has 0 aliphatic carbocycles. The molecular formula is C25H33ClN2O2. The van der Waals surface area contributed by atoms with Crippen molar-refractivity contribution in [1.82, 2.24) is 10.2 Å². The van der Waals surface area contributed by atoms with Gasteiger partial charge in [0.2, 0.25) is 11.8 Å². The van der Waals surface area contributed by atoms with E-state index in [1.165, 1.54) is 0 Å². The molecule has 2 aromatic rings. The summed E-state index contributed by atoms with van der Waals surface area (Å²) in [5, 5.41) is 3.71. The van der Waals surface area contributed by atoms with Crippen molar-refractivity contribution in [3.8, 4) is 0 Å². The minimum atomic E-state index is -0.502. The van der Waals surface area contributed by atoms with E-state index < -0.39 is 6.04 Å². The first-order valence-corrected chi connectivity index (χ1v) is 11.1. The number of nitrogens with zero attached hydrogens (tertiary/aromatic N) is 1. The van der Waals surface area contributed by atoms with Crippen molar-refractivity contribution >= 4 is 23.4 Å². The fourth-order valence-corrected chi connectivity index (χ4v) is 3.65. The van der Waals surface area contributed by atoms with Gasteiger partial charge in [-0.15, -0.1) is 0 Å². The molecular weight excluding hydrogens is 396 g/mol. The van der Waals surface area contributed by atoms with Crippen LogP contribution in [0.3, 0.4) is 0 Å². The smallest absolute Gasteiger partial charge is 0.243 e. The highest BCUT2D eigenvalue weighted by molar-refractivity contribution is 6.31. The highest BCUT2D eigenvalue weighted by Crippen LogP contribution is 2.20. The molecule has 0 spiro atoms. The van der Waals surface area contributed by atoms with E-state index in [9.17, 15) is 9.59 Å². The summed E-state index contributed by atoms with van der Waals surface area (Å²) >= 11 is 6.26. The summed E-state index contributed by atoms with van der Waals surface area (Å²) in [7, 11) is 0. The van der Waals surface area contributed by atoms with E-state index in [1.54, 1.807) is 4.90 Å². The van der Waals surface area contributed by atoms with Crippen LogP contribution in [-0.4, -0.2) is 28.8 Å². The first-order valence-electron chi connectivity index (χ1n) is 10.7. The number of hydrogen-bond acceptors (Lipinski definition) is 2. The standard InChI is InChI=1S/C25H33ClN2O2/c1-5-19(4)27-25(30)23(6-2)28(17-21-13-8-7-11-18(21)3)24(29)16-15-20-12-9-10-14-22(20)26/h7-14,19,23H,5-6,15-17H2,1-4H3,(H,27,30)/t19-,23+/m1/s1. The Labute approximate surface area is 185 Å². The van der Waals surface area contributed by atoms with Gasteiger partial charge >= 0.3 is 0 Å². The SMILES string of the molecule is CC[C@@H](C)NC(=O)[C@H](CC)N(Cc1ccccc1C)C(=O)CCc1ccccc1Cl. The average molecular weight is 429 g/mol. The number of nitrogens with one attached hydrogen (secondary N) is 1. The Morgan fingerprint density at radius 1 is 1.00 bits per heavy atom. The van der Waals surface area contributed by atoms with E-state index in [4.69, 9.17) is 11.6 Å². The van der Waals surface area contributed by atoms with Gasteiger partial charge < -0.3 is 10.2 Å². The van der Waals surface area contributed by atoms with Gasteiger partial charge in [0.15, 0.2) is 0 Å². The monoisotopic (exact) mass is 428 g/mol. The van der Waals surface area contributed by atoms with Gasteiger partial charge in [0.25, 0.3) is 0 Å². The molecule has 0 aromatic heterocycles. The van der Waals surface area contributed by atoms with Crippen LogP contribution in [0.15, 0.2) is 48.5 Å². The number of amides is 2. The number of carbonyl (C=O) groups excluding carboxylic acids is 2. The molecule has 0 saturated heterocycles. The molecule has 1 N–H and O–H groups in total. The predicted molar refractivity (Wildman–Crippen MR) is 123 cm³/mol. The summed E-state index contributed by atoms with van der Waals surface area (Å²) in [6, 6.07) is 15.1. The number of halogens is 1. The molecule has 5 heteroatoms. The van der Waals surface area contributed by atoms with Crippen molar-refractivity contribution in [2.75, 3.05) is 0 Å². The quantitative estimate of drug-likeness (QED) is 0.558. The van der Waals surface area contributed by atoms with Gasteiger partial charge in [-0.3, -0.25) is 9.59 Å². The third kappa shape index (κ3) is 6.60. The zero-order valence-corrected chi connectivity index (χ0v) is 19.2. The highest BCUT2D eigenvalue weighted by Gasteiger charge is 2.29. The molecule has 4 nitrogen and oxygen atoms in total. The lowest BCUT2D eigenvalue weighted by Crippen LogP contribution is -2.50. The van der Waals surface area contributed by atoms with E-state index in [-0.39, 0.29) is 17.9 Å². The number of hydrogen-bond donors (Lipinski definition) is 1. The van der Waals surface area contributed by atoms with Crippen LogP contribution in [0, 0.1) is 6.92 Å². The lowest BCUT2D eigenvalue weighted by molar-refractivity contribution is -0.141. The van der Waals surface area contributed by atoms with E-state index in [1.807, 2.05) is 76.2 Å². The zero-order chi connectivity index (χ0) is 22.1. The molecule has 0 heterocycles. The normalized spacial score (nSPS) is 12.8. The lowest BCUT2D eigenvalue weighted by atomic mass is 10.0.